The van der Waals surface area contributed by atoms with Gasteiger partial charge in [0.15, 0.2) is 5.54 Å². The number of carbonyl (C=O) groups is 1. The number of nitriles is 1. The number of carboxylic acid groups (broad SMARTS) is 1. The van der Waals surface area contributed by atoms with Gasteiger partial charge in [-0.05, 0) is 24.1 Å². The van der Waals surface area contributed by atoms with Crippen LogP contribution in [-0.2, 0) is 10.3 Å². The first-order chi connectivity index (χ1) is 12.0. The van der Waals surface area contributed by atoms with E-state index >= 15 is 0 Å². The summed E-state index contributed by atoms with van der Waals surface area (Å²) in [5, 5.41) is 23.4. The zero-order valence-electron chi connectivity index (χ0n) is 14.4. The van der Waals surface area contributed by atoms with E-state index in [4.69, 9.17) is 5.26 Å². The van der Waals surface area contributed by atoms with Crippen LogP contribution in [0.1, 0.15) is 43.9 Å². The molecule has 1 aliphatic heterocycles. The molecule has 0 aliphatic carbocycles. The summed E-state index contributed by atoms with van der Waals surface area (Å²) in [6, 6.07) is 7.39. The number of piperidine rings is 1. The molecule has 3 heterocycles. The molecule has 0 amide bonds. The number of aliphatic carboxylic acids is 1. The first-order valence-corrected chi connectivity index (χ1v) is 8.37. The third-order valence-corrected chi connectivity index (χ3v) is 4.83. The number of pyridine rings is 1. The molecule has 1 fully saturated rings. The first kappa shape index (κ1) is 17.0. The fourth-order valence-electron chi connectivity index (χ4n) is 3.19. The van der Waals surface area contributed by atoms with Crippen LogP contribution in [0.25, 0.3) is 0 Å². The zero-order valence-corrected chi connectivity index (χ0v) is 14.4. The molecule has 0 spiro atoms. The Morgan fingerprint density at radius 3 is 2.64 bits per heavy atom. The van der Waals surface area contributed by atoms with E-state index in [0.29, 0.717) is 37.3 Å². The summed E-state index contributed by atoms with van der Waals surface area (Å²) < 4.78 is 1.61. The predicted octanol–water partition coefficient (Wildman–Crippen LogP) is 2.35. The highest BCUT2D eigenvalue weighted by molar-refractivity contribution is 5.77. The maximum atomic E-state index is 12.1. The molecule has 3 rings (SSSR count). The number of hydrogen-bond donors (Lipinski definition) is 1. The van der Waals surface area contributed by atoms with E-state index in [2.05, 4.69) is 16.2 Å². The molecule has 7 nitrogen and oxygen atoms in total. The second-order valence-electron chi connectivity index (χ2n) is 6.68. The topological polar surface area (TPSA) is 95.0 Å². The Kier molecular flexibility index (Phi) is 4.45. The molecule has 130 valence electrons. The Morgan fingerprint density at radius 1 is 1.36 bits per heavy atom. The largest absolute Gasteiger partial charge is 0.479 e. The lowest BCUT2D eigenvalue weighted by molar-refractivity contribution is -0.149. The van der Waals surface area contributed by atoms with Crippen LogP contribution in [0, 0.1) is 11.3 Å². The van der Waals surface area contributed by atoms with Gasteiger partial charge in [-0.25, -0.2) is 9.78 Å². The first-order valence-electron chi connectivity index (χ1n) is 8.37. The fraction of sp³-hybridized carbons (Fsp3) is 0.444. The van der Waals surface area contributed by atoms with Crippen molar-refractivity contribution < 1.29 is 9.90 Å². The summed E-state index contributed by atoms with van der Waals surface area (Å²) in [6.07, 6.45) is 4.24. The molecule has 2 aromatic rings. The van der Waals surface area contributed by atoms with Crippen molar-refractivity contribution >= 4 is 11.8 Å². The Morgan fingerprint density at radius 2 is 2.08 bits per heavy atom. The molecule has 2 aromatic heterocycles. The van der Waals surface area contributed by atoms with Gasteiger partial charge in [-0.1, -0.05) is 13.8 Å². The standard InChI is InChI=1S/C18H21N5O2/c1-13(2)15-4-8-23(21-15)18(17(24)25)5-9-22(10-6-18)16-11-14(12-19)3-7-20-16/h3-4,7-8,11,13H,5-6,9-10H2,1-2H3,(H,24,25). The monoisotopic (exact) mass is 339 g/mol. The van der Waals surface area contributed by atoms with Gasteiger partial charge in [-0.15, -0.1) is 0 Å². The lowest BCUT2D eigenvalue weighted by atomic mass is 9.87. The zero-order chi connectivity index (χ0) is 18.0. The lowest BCUT2D eigenvalue weighted by Gasteiger charge is -2.39. The molecule has 1 N–H and O–H groups in total. The normalized spacial score (nSPS) is 16.6. The van der Waals surface area contributed by atoms with E-state index in [1.54, 1.807) is 29.2 Å². The summed E-state index contributed by atoms with van der Waals surface area (Å²) in [5.41, 5.74) is 0.413. The van der Waals surface area contributed by atoms with Crippen molar-refractivity contribution in [1.82, 2.24) is 14.8 Å². The van der Waals surface area contributed by atoms with Crippen LogP contribution < -0.4 is 4.90 Å². The predicted molar refractivity (Wildman–Crippen MR) is 92.3 cm³/mol. The molecular weight excluding hydrogens is 318 g/mol. The molecule has 0 unspecified atom stereocenters. The molecule has 0 aromatic carbocycles. The lowest BCUT2D eigenvalue weighted by Crippen LogP contribution is -2.51. The fourth-order valence-corrected chi connectivity index (χ4v) is 3.19. The maximum Gasteiger partial charge on any atom is 0.331 e. The second-order valence-corrected chi connectivity index (χ2v) is 6.68. The molecule has 7 heteroatoms. The van der Waals surface area contributed by atoms with Gasteiger partial charge in [0, 0.05) is 38.3 Å². The van der Waals surface area contributed by atoms with Gasteiger partial charge in [-0.3, -0.25) is 4.68 Å². The van der Waals surface area contributed by atoms with Crippen molar-refractivity contribution in [3.63, 3.8) is 0 Å². The smallest absolute Gasteiger partial charge is 0.331 e. The van der Waals surface area contributed by atoms with E-state index in [-0.39, 0.29) is 5.92 Å². The number of hydrogen-bond acceptors (Lipinski definition) is 5. The van der Waals surface area contributed by atoms with Crippen LogP contribution >= 0.6 is 0 Å². The van der Waals surface area contributed by atoms with Gasteiger partial charge in [0.1, 0.15) is 5.82 Å². The second kappa shape index (κ2) is 6.55. The van der Waals surface area contributed by atoms with Crippen LogP contribution in [0.3, 0.4) is 0 Å². The van der Waals surface area contributed by atoms with Crippen LogP contribution in [-0.4, -0.2) is 38.9 Å². The van der Waals surface area contributed by atoms with E-state index in [0.717, 1.165) is 5.69 Å². The SMILES string of the molecule is CC(C)c1ccn(C2(C(=O)O)CCN(c3cc(C#N)ccn3)CC2)n1. The summed E-state index contributed by atoms with van der Waals surface area (Å²) in [7, 11) is 0. The Labute approximate surface area is 146 Å². The molecule has 0 radical (unpaired) electrons. The van der Waals surface area contributed by atoms with Gasteiger partial charge in [-0.2, -0.15) is 10.4 Å². The highest BCUT2D eigenvalue weighted by atomic mass is 16.4. The average Bonchev–Trinajstić information content (AvgIpc) is 3.12. The minimum absolute atomic E-state index is 0.255. The summed E-state index contributed by atoms with van der Waals surface area (Å²) in [6.45, 7) is 5.17. The van der Waals surface area contributed by atoms with Crippen molar-refractivity contribution in [3.8, 4) is 6.07 Å². The van der Waals surface area contributed by atoms with E-state index in [1.165, 1.54) is 0 Å². The molecule has 1 saturated heterocycles. The Bertz CT molecular complexity index is 813. The summed E-state index contributed by atoms with van der Waals surface area (Å²) in [4.78, 5) is 18.4. The van der Waals surface area contributed by atoms with Gasteiger partial charge >= 0.3 is 5.97 Å². The molecule has 0 saturated carbocycles. The number of carboxylic acids is 1. The van der Waals surface area contributed by atoms with Crippen molar-refractivity contribution in [2.45, 2.75) is 38.1 Å². The molecular formula is C18H21N5O2. The van der Waals surface area contributed by atoms with Gasteiger partial charge in [0.2, 0.25) is 0 Å². The Hall–Kier alpha value is -2.88. The van der Waals surface area contributed by atoms with Crippen molar-refractivity contribution in [2.75, 3.05) is 18.0 Å². The quantitative estimate of drug-likeness (QED) is 0.919. The number of anilines is 1. The third kappa shape index (κ3) is 3.07. The van der Waals surface area contributed by atoms with Crippen molar-refractivity contribution in [3.05, 3.63) is 41.9 Å². The van der Waals surface area contributed by atoms with Crippen LogP contribution in [0.15, 0.2) is 30.6 Å². The van der Waals surface area contributed by atoms with Gasteiger partial charge in [0.25, 0.3) is 0 Å². The number of aromatic nitrogens is 3. The molecule has 25 heavy (non-hydrogen) atoms. The highest BCUT2D eigenvalue weighted by Crippen LogP contribution is 2.32. The Balaban J connectivity index is 1.83. The summed E-state index contributed by atoms with van der Waals surface area (Å²) >= 11 is 0. The molecule has 1 aliphatic rings. The van der Waals surface area contributed by atoms with Crippen LogP contribution in [0.4, 0.5) is 5.82 Å². The number of rotatable bonds is 4. The van der Waals surface area contributed by atoms with Crippen molar-refractivity contribution in [2.24, 2.45) is 0 Å². The van der Waals surface area contributed by atoms with Crippen LogP contribution in [0.5, 0.6) is 0 Å². The van der Waals surface area contributed by atoms with Gasteiger partial charge < -0.3 is 10.0 Å². The third-order valence-electron chi connectivity index (χ3n) is 4.83. The number of nitrogens with zero attached hydrogens (tertiary/aromatic N) is 5. The van der Waals surface area contributed by atoms with Crippen molar-refractivity contribution in [1.29, 1.82) is 5.26 Å². The minimum atomic E-state index is -1.03. The minimum Gasteiger partial charge on any atom is -0.479 e. The molecule has 0 bridgehead atoms. The van der Waals surface area contributed by atoms with E-state index < -0.39 is 11.5 Å². The summed E-state index contributed by atoms with van der Waals surface area (Å²) in [5.74, 6) is 0.107. The average molecular weight is 339 g/mol. The highest BCUT2D eigenvalue weighted by Gasteiger charge is 2.44. The van der Waals surface area contributed by atoms with Gasteiger partial charge in [0.05, 0.1) is 17.3 Å². The van der Waals surface area contributed by atoms with E-state index in [9.17, 15) is 9.90 Å². The van der Waals surface area contributed by atoms with Crippen LogP contribution in [0.2, 0.25) is 0 Å². The van der Waals surface area contributed by atoms with E-state index in [1.807, 2.05) is 24.8 Å². The molecule has 0 atom stereocenters. The maximum absolute atomic E-state index is 12.1.